The Balaban J connectivity index is 2.46. The van der Waals surface area contributed by atoms with E-state index < -0.39 is 0 Å². The van der Waals surface area contributed by atoms with Gasteiger partial charge in [-0.3, -0.25) is 9.36 Å². The van der Waals surface area contributed by atoms with Crippen LogP contribution in [-0.2, 0) is 20.0 Å². The summed E-state index contributed by atoms with van der Waals surface area (Å²) in [7, 11) is 3.90. The van der Waals surface area contributed by atoms with Crippen molar-refractivity contribution in [2.45, 2.75) is 39.3 Å². The number of halogens is 1. The molecule has 6 heteroatoms. The van der Waals surface area contributed by atoms with Gasteiger partial charge in [0, 0.05) is 13.6 Å². The molecule has 0 saturated heterocycles. The van der Waals surface area contributed by atoms with Crippen LogP contribution in [0.4, 0.5) is 0 Å². The smallest absolute Gasteiger partial charge is 0.0931 e. The van der Waals surface area contributed by atoms with Gasteiger partial charge in [0.15, 0.2) is 0 Å². The van der Waals surface area contributed by atoms with E-state index in [0.717, 1.165) is 36.5 Å². The standard InChI is InChI=1S/C14H22ClN5/c1-5-7-20-14(11(15)9-17-20)13(16-3)12-8-10(6-2)18-19(12)4/h8-9,13,16H,5-7H2,1-4H3. The molecular weight excluding hydrogens is 274 g/mol. The summed E-state index contributed by atoms with van der Waals surface area (Å²) in [5.74, 6) is 0. The molecule has 0 amide bonds. The molecule has 2 heterocycles. The molecule has 0 bridgehead atoms. The molecule has 110 valence electrons. The Morgan fingerprint density at radius 1 is 1.40 bits per heavy atom. The van der Waals surface area contributed by atoms with Crippen LogP contribution < -0.4 is 5.32 Å². The lowest BCUT2D eigenvalue weighted by Gasteiger charge is -2.18. The predicted molar refractivity (Wildman–Crippen MR) is 81.0 cm³/mol. The molecule has 0 saturated carbocycles. The van der Waals surface area contributed by atoms with Crippen LogP contribution in [0.3, 0.4) is 0 Å². The number of nitrogens with one attached hydrogen (secondary N) is 1. The third-order valence-corrected chi connectivity index (χ3v) is 3.75. The van der Waals surface area contributed by atoms with Crippen molar-refractivity contribution in [3.63, 3.8) is 0 Å². The van der Waals surface area contributed by atoms with E-state index in [-0.39, 0.29) is 6.04 Å². The Kier molecular flexibility index (Phi) is 4.83. The largest absolute Gasteiger partial charge is 0.307 e. The van der Waals surface area contributed by atoms with Gasteiger partial charge in [0.25, 0.3) is 0 Å². The van der Waals surface area contributed by atoms with E-state index in [1.165, 1.54) is 0 Å². The van der Waals surface area contributed by atoms with E-state index in [9.17, 15) is 0 Å². The van der Waals surface area contributed by atoms with Gasteiger partial charge >= 0.3 is 0 Å². The number of hydrogen-bond acceptors (Lipinski definition) is 3. The molecule has 1 unspecified atom stereocenters. The van der Waals surface area contributed by atoms with Crippen LogP contribution in [0.25, 0.3) is 0 Å². The number of aryl methyl sites for hydroxylation is 3. The Morgan fingerprint density at radius 2 is 2.15 bits per heavy atom. The van der Waals surface area contributed by atoms with Gasteiger partial charge in [-0.1, -0.05) is 25.4 Å². The van der Waals surface area contributed by atoms with Crippen molar-refractivity contribution in [3.8, 4) is 0 Å². The molecule has 0 spiro atoms. The van der Waals surface area contributed by atoms with Crippen molar-refractivity contribution >= 4 is 11.6 Å². The molecule has 2 aromatic rings. The Morgan fingerprint density at radius 3 is 2.70 bits per heavy atom. The van der Waals surface area contributed by atoms with Crippen molar-refractivity contribution in [2.75, 3.05) is 7.05 Å². The number of aromatic nitrogens is 4. The summed E-state index contributed by atoms with van der Waals surface area (Å²) in [6.45, 7) is 5.10. The lowest BCUT2D eigenvalue weighted by Crippen LogP contribution is -2.24. The fourth-order valence-corrected chi connectivity index (χ4v) is 2.71. The summed E-state index contributed by atoms with van der Waals surface area (Å²) in [5, 5.41) is 12.9. The van der Waals surface area contributed by atoms with Crippen LogP contribution in [0.1, 0.15) is 43.4 Å². The van der Waals surface area contributed by atoms with Gasteiger partial charge < -0.3 is 5.32 Å². The average Bonchev–Trinajstić information content (AvgIpc) is 2.98. The molecule has 0 aliphatic rings. The Labute approximate surface area is 124 Å². The quantitative estimate of drug-likeness (QED) is 0.891. The fraction of sp³-hybridized carbons (Fsp3) is 0.571. The molecule has 0 aliphatic carbocycles. The van der Waals surface area contributed by atoms with E-state index >= 15 is 0 Å². The molecule has 20 heavy (non-hydrogen) atoms. The summed E-state index contributed by atoms with van der Waals surface area (Å²) >= 11 is 6.34. The number of rotatable bonds is 6. The minimum atomic E-state index is -0.00523. The topological polar surface area (TPSA) is 47.7 Å². The van der Waals surface area contributed by atoms with Gasteiger partial charge in [0.2, 0.25) is 0 Å². The summed E-state index contributed by atoms with van der Waals surface area (Å²) < 4.78 is 3.89. The lowest BCUT2D eigenvalue weighted by molar-refractivity contribution is 0.515. The third kappa shape index (κ3) is 2.74. The minimum absolute atomic E-state index is 0.00523. The van der Waals surface area contributed by atoms with E-state index in [1.54, 1.807) is 6.20 Å². The number of hydrogen-bond donors (Lipinski definition) is 1. The summed E-state index contributed by atoms with van der Waals surface area (Å²) in [4.78, 5) is 0. The van der Waals surface area contributed by atoms with Crippen molar-refractivity contribution in [2.24, 2.45) is 7.05 Å². The zero-order valence-electron chi connectivity index (χ0n) is 12.5. The first kappa shape index (κ1) is 15.1. The maximum atomic E-state index is 6.34. The van der Waals surface area contributed by atoms with Crippen LogP contribution in [0.2, 0.25) is 5.02 Å². The van der Waals surface area contributed by atoms with Gasteiger partial charge in [-0.05, 0) is 26.0 Å². The molecule has 2 rings (SSSR count). The van der Waals surface area contributed by atoms with Crippen LogP contribution in [-0.4, -0.2) is 26.6 Å². The first-order valence-electron chi connectivity index (χ1n) is 7.03. The van der Waals surface area contributed by atoms with Gasteiger partial charge in [-0.2, -0.15) is 10.2 Å². The highest BCUT2D eigenvalue weighted by molar-refractivity contribution is 6.31. The molecular formula is C14H22ClN5. The molecule has 0 aromatic carbocycles. The fourth-order valence-electron chi connectivity index (χ4n) is 2.46. The SMILES string of the molecule is CCCn1ncc(Cl)c1C(NC)c1cc(CC)nn1C. The summed E-state index contributed by atoms with van der Waals surface area (Å²) in [5.41, 5.74) is 3.19. The predicted octanol–water partition coefficient (Wildman–Crippen LogP) is 2.55. The highest BCUT2D eigenvalue weighted by Gasteiger charge is 2.23. The molecule has 0 aliphatic heterocycles. The van der Waals surface area contributed by atoms with Crippen molar-refractivity contribution in [3.05, 3.63) is 34.4 Å². The highest BCUT2D eigenvalue weighted by Crippen LogP contribution is 2.28. The van der Waals surface area contributed by atoms with Crippen LogP contribution >= 0.6 is 11.6 Å². The maximum Gasteiger partial charge on any atom is 0.0931 e. The minimum Gasteiger partial charge on any atom is -0.307 e. The molecule has 0 fully saturated rings. The average molecular weight is 296 g/mol. The van der Waals surface area contributed by atoms with Crippen molar-refractivity contribution in [1.82, 2.24) is 24.9 Å². The van der Waals surface area contributed by atoms with Crippen LogP contribution in [0.5, 0.6) is 0 Å². The molecule has 2 aromatic heterocycles. The monoisotopic (exact) mass is 295 g/mol. The summed E-state index contributed by atoms with van der Waals surface area (Å²) in [6, 6.07) is 2.12. The molecule has 0 radical (unpaired) electrons. The first-order valence-corrected chi connectivity index (χ1v) is 7.41. The second-order valence-electron chi connectivity index (χ2n) is 4.86. The van der Waals surface area contributed by atoms with Crippen molar-refractivity contribution in [1.29, 1.82) is 0 Å². The summed E-state index contributed by atoms with van der Waals surface area (Å²) in [6.07, 6.45) is 3.66. The number of nitrogens with zero attached hydrogens (tertiary/aromatic N) is 4. The van der Waals surface area contributed by atoms with Gasteiger partial charge in [0.05, 0.1) is 34.3 Å². The van der Waals surface area contributed by atoms with E-state index in [1.807, 2.05) is 23.5 Å². The second kappa shape index (κ2) is 6.41. The third-order valence-electron chi connectivity index (χ3n) is 3.46. The Hall–Kier alpha value is -1.33. The second-order valence-corrected chi connectivity index (χ2v) is 5.27. The molecule has 5 nitrogen and oxygen atoms in total. The highest BCUT2D eigenvalue weighted by atomic mass is 35.5. The maximum absolute atomic E-state index is 6.34. The molecule has 1 atom stereocenters. The van der Waals surface area contributed by atoms with Gasteiger partial charge in [0.1, 0.15) is 0 Å². The molecule has 1 N–H and O–H groups in total. The Bertz CT molecular complexity index is 572. The first-order chi connectivity index (χ1) is 9.62. The van der Waals surface area contributed by atoms with Gasteiger partial charge in [-0.15, -0.1) is 0 Å². The zero-order chi connectivity index (χ0) is 14.7. The van der Waals surface area contributed by atoms with Gasteiger partial charge in [-0.25, -0.2) is 0 Å². The van der Waals surface area contributed by atoms with E-state index in [0.29, 0.717) is 5.02 Å². The van der Waals surface area contributed by atoms with E-state index in [2.05, 4.69) is 35.4 Å². The normalized spacial score (nSPS) is 12.8. The van der Waals surface area contributed by atoms with Crippen LogP contribution in [0.15, 0.2) is 12.3 Å². The van der Waals surface area contributed by atoms with Crippen molar-refractivity contribution < 1.29 is 0 Å². The zero-order valence-corrected chi connectivity index (χ0v) is 13.3. The van der Waals surface area contributed by atoms with Crippen LogP contribution in [0, 0.1) is 0 Å². The lowest BCUT2D eigenvalue weighted by atomic mass is 10.1. The van der Waals surface area contributed by atoms with E-state index in [4.69, 9.17) is 11.6 Å².